The lowest BCUT2D eigenvalue weighted by molar-refractivity contribution is -0.120. The van der Waals surface area contributed by atoms with Crippen molar-refractivity contribution >= 4 is 11.8 Å². The van der Waals surface area contributed by atoms with Crippen molar-refractivity contribution in [3.05, 3.63) is 35.4 Å². The van der Waals surface area contributed by atoms with Gasteiger partial charge in [-0.05, 0) is 25.0 Å². The van der Waals surface area contributed by atoms with Gasteiger partial charge in [0.1, 0.15) is 17.7 Å². The van der Waals surface area contributed by atoms with E-state index in [4.69, 9.17) is 12.2 Å². The van der Waals surface area contributed by atoms with Gasteiger partial charge >= 0.3 is 0 Å². The zero-order chi connectivity index (χ0) is 15.1. The summed E-state index contributed by atoms with van der Waals surface area (Å²) in [6, 6.07) is 1.60. The van der Waals surface area contributed by atoms with Crippen LogP contribution in [0.25, 0.3) is 0 Å². The van der Waals surface area contributed by atoms with Gasteiger partial charge in [-0.25, -0.2) is 8.78 Å². The number of terminal acetylenes is 1. The molecule has 0 aromatic heterocycles. The summed E-state index contributed by atoms with van der Waals surface area (Å²) < 4.78 is 26.2. The van der Waals surface area contributed by atoms with E-state index >= 15 is 0 Å². The normalized spacial score (nSPS) is 11.4. The molecule has 1 aromatic rings. The molecule has 0 unspecified atom stereocenters. The van der Waals surface area contributed by atoms with E-state index in [-0.39, 0.29) is 12.0 Å². The number of halogens is 2. The zero-order valence-electron chi connectivity index (χ0n) is 10.7. The Morgan fingerprint density at radius 1 is 1.40 bits per heavy atom. The molecule has 20 heavy (non-hydrogen) atoms. The molecule has 0 spiro atoms. The largest absolute Gasteiger partial charge is 0.368 e. The van der Waals surface area contributed by atoms with Crippen LogP contribution in [0.4, 0.5) is 8.78 Å². The molecule has 6 heteroatoms. The SMILES string of the molecule is C#CCCC[C@H](NC(=O)c1ccc(F)cc1F)C(N)=O. The third-order valence-electron chi connectivity index (χ3n) is 2.64. The fraction of sp³-hybridized carbons (Fsp3) is 0.286. The lowest BCUT2D eigenvalue weighted by atomic mass is 10.1. The maximum atomic E-state index is 13.4. The smallest absolute Gasteiger partial charge is 0.254 e. The number of rotatable bonds is 6. The molecule has 4 nitrogen and oxygen atoms in total. The second kappa shape index (κ2) is 7.24. The molecule has 2 amide bonds. The lowest BCUT2D eigenvalue weighted by Crippen LogP contribution is -2.44. The van der Waals surface area contributed by atoms with Gasteiger partial charge in [-0.15, -0.1) is 12.3 Å². The number of primary amides is 1. The van der Waals surface area contributed by atoms with Crippen LogP contribution >= 0.6 is 0 Å². The number of nitrogens with one attached hydrogen (secondary N) is 1. The Bertz CT molecular complexity index is 553. The van der Waals surface area contributed by atoms with Gasteiger partial charge in [-0.2, -0.15) is 0 Å². The Morgan fingerprint density at radius 3 is 2.65 bits per heavy atom. The Labute approximate surface area is 115 Å². The summed E-state index contributed by atoms with van der Waals surface area (Å²) in [5, 5.41) is 2.31. The number of hydrogen-bond acceptors (Lipinski definition) is 2. The minimum absolute atomic E-state index is 0.258. The highest BCUT2D eigenvalue weighted by Crippen LogP contribution is 2.10. The fourth-order valence-corrected chi connectivity index (χ4v) is 1.60. The highest BCUT2D eigenvalue weighted by Gasteiger charge is 2.20. The minimum Gasteiger partial charge on any atom is -0.368 e. The van der Waals surface area contributed by atoms with E-state index < -0.39 is 29.5 Å². The molecule has 0 saturated carbocycles. The standard InChI is InChI=1S/C14H14F2N2O2/c1-2-3-4-5-12(13(17)19)18-14(20)10-7-6-9(15)8-11(10)16/h1,6-8,12H,3-5H2,(H2,17,19)(H,18,20)/t12-/m0/s1. The predicted molar refractivity (Wildman–Crippen MR) is 69.5 cm³/mol. The molecular weight excluding hydrogens is 266 g/mol. The van der Waals surface area contributed by atoms with Gasteiger partial charge in [0.2, 0.25) is 5.91 Å². The van der Waals surface area contributed by atoms with Crippen molar-refractivity contribution in [3.8, 4) is 12.3 Å². The first-order valence-corrected chi connectivity index (χ1v) is 5.94. The summed E-state index contributed by atoms with van der Waals surface area (Å²) in [6.45, 7) is 0. The van der Waals surface area contributed by atoms with E-state index in [9.17, 15) is 18.4 Å². The zero-order valence-corrected chi connectivity index (χ0v) is 10.7. The predicted octanol–water partition coefficient (Wildman–Crippen LogP) is 1.35. The van der Waals surface area contributed by atoms with E-state index in [2.05, 4.69) is 11.2 Å². The highest BCUT2D eigenvalue weighted by molar-refractivity contribution is 5.97. The monoisotopic (exact) mass is 280 g/mol. The topological polar surface area (TPSA) is 72.2 Å². The van der Waals surface area contributed by atoms with Crippen molar-refractivity contribution in [1.82, 2.24) is 5.32 Å². The van der Waals surface area contributed by atoms with E-state index in [1.165, 1.54) is 0 Å². The molecule has 106 valence electrons. The second-order valence-electron chi connectivity index (χ2n) is 4.15. The number of hydrogen-bond donors (Lipinski definition) is 2. The molecule has 1 atom stereocenters. The van der Waals surface area contributed by atoms with Crippen molar-refractivity contribution in [1.29, 1.82) is 0 Å². The number of carbonyl (C=O) groups excluding carboxylic acids is 2. The molecule has 1 rings (SSSR count). The summed E-state index contributed by atoms with van der Waals surface area (Å²) in [7, 11) is 0. The summed E-state index contributed by atoms with van der Waals surface area (Å²) >= 11 is 0. The first kappa shape index (κ1) is 15.6. The van der Waals surface area contributed by atoms with Crippen LogP contribution in [0.15, 0.2) is 18.2 Å². The molecule has 1 aromatic carbocycles. The van der Waals surface area contributed by atoms with E-state index in [1.807, 2.05) is 0 Å². The van der Waals surface area contributed by atoms with Crippen molar-refractivity contribution in [2.75, 3.05) is 0 Å². The van der Waals surface area contributed by atoms with E-state index in [0.29, 0.717) is 18.9 Å². The fourth-order valence-electron chi connectivity index (χ4n) is 1.60. The maximum absolute atomic E-state index is 13.4. The average Bonchev–Trinajstić information content (AvgIpc) is 2.37. The quantitative estimate of drug-likeness (QED) is 0.610. The van der Waals surface area contributed by atoms with Crippen LogP contribution in [0, 0.1) is 24.0 Å². The molecule has 3 N–H and O–H groups in total. The molecule has 0 radical (unpaired) electrons. The van der Waals surface area contributed by atoms with Crippen LogP contribution in [0.1, 0.15) is 29.6 Å². The highest BCUT2D eigenvalue weighted by atomic mass is 19.1. The molecule has 0 bridgehead atoms. The summed E-state index contributed by atoms with van der Waals surface area (Å²) in [5.41, 5.74) is 4.80. The molecule has 0 aliphatic heterocycles. The van der Waals surface area contributed by atoms with Crippen molar-refractivity contribution in [3.63, 3.8) is 0 Å². The van der Waals surface area contributed by atoms with Crippen molar-refractivity contribution < 1.29 is 18.4 Å². The second-order valence-corrected chi connectivity index (χ2v) is 4.15. The number of unbranched alkanes of at least 4 members (excludes halogenated alkanes) is 1. The number of nitrogens with two attached hydrogens (primary N) is 1. The Hall–Kier alpha value is -2.42. The summed E-state index contributed by atoms with van der Waals surface area (Å²) in [5.74, 6) is -0.966. The molecular formula is C14H14F2N2O2. The van der Waals surface area contributed by atoms with Crippen molar-refractivity contribution in [2.24, 2.45) is 5.73 Å². The van der Waals surface area contributed by atoms with Gasteiger partial charge in [0.05, 0.1) is 5.56 Å². The first-order chi connectivity index (χ1) is 9.45. The van der Waals surface area contributed by atoms with Crippen molar-refractivity contribution in [2.45, 2.75) is 25.3 Å². The van der Waals surface area contributed by atoms with Crippen LogP contribution in [0.3, 0.4) is 0 Å². The lowest BCUT2D eigenvalue weighted by Gasteiger charge is -2.15. The molecule has 0 fully saturated rings. The molecule has 0 heterocycles. The van der Waals surface area contributed by atoms with Crippen LogP contribution < -0.4 is 11.1 Å². The van der Waals surface area contributed by atoms with Crippen LogP contribution in [-0.4, -0.2) is 17.9 Å². The van der Waals surface area contributed by atoms with Gasteiger partial charge in [0, 0.05) is 12.5 Å². The average molecular weight is 280 g/mol. The summed E-state index contributed by atoms with van der Waals surface area (Å²) in [4.78, 5) is 23.0. The number of carbonyl (C=O) groups is 2. The number of benzene rings is 1. The third-order valence-corrected chi connectivity index (χ3v) is 2.64. The van der Waals surface area contributed by atoms with Gasteiger partial charge < -0.3 is 11.1 Å². The maximum Gasteiger partial charge on any atom is 0.254 e. The van der Waals surface area contributed by atoms with Gasteiger partial charge in [-0.3, -0.25) is 9.59 Å². The molecule has 0 aliphatic carbocycles. The Morgan fingerprint density at radius 2 is 2.10 bits per heavy atom. The molecule has 0 saturated heterocycles. The van der Waals surface area contributed by atoms with Gasteiger partial charge in [0.25, 0.3) is 5.91 Å². The van der Waals surface area contributed by atoms with E-state index in [1.54, 1.807) is 0 Å². The molecule has 0 aliphatic rings. The summed E-state index contributed by atoms with van der Waals surface area (Å²) in [6.07, 6.45) is 6.27. The Balaban J connectivity index is 2.75. The van der Waals surface area contributed by atoms with Gasteiger partial charge in [-0.1, -0.05) is 0 Å². The third kappa shape index (κ3) is 4.35. The minimum atomic E-state index is -1.01. The Kier molecular flexibility index (Phi) is 5.66. The van der Waals surface area contributed by atoms with E-state index in [0.717, 1.165) is 12.1 Å². The van der Waals surface area contributed by atoms with Gasteiger partial charge in [0.15, 0.2) is 0 Å². The van der Waals surface area contributed by atoms with Crippen LogP contribution in [0.2, 0.25) is 0 Å². The van der Waals surface area contributed by atoms with Crippen LogP contribution in [0.5, 0.6) is 0 Å². The first-order valence-electron chi connectivity index (χ1n) is 5.94. The number of amides is 2. The van der Waals surface area contributed by atoms with Crippen LogP contribution in [-0.2, 0) is 4.79 Å².